The lowest BCUT2D eigenvalue weighted by Crippen LogP contribution is -2.18. The van der Waals surface area contributed by atoms with Gasteiger partial charge in [0.05, 0.1) is 31.2 Å². The topological polar surface area (TPSA) is 419 Å². The summed E-state index contributed by atoms with van der Waals surface area (Å²) >= 11 is 0.987. The van der Waals surface area contributed by atoms with E-state index in [0.717, 1.165) is 56.1 Å². The van der Waals surface area contributed by atoms with Crippen molar-refractivity contribution in [2.45, 2.75) is 61.3 Å². The molecule has 0 aliphatic rings. The van der Waals surface area contributed by atoms with Gasteiger partial charge in [0.15, 0.2) is 35.6 Å². The second-order valence-electron chi connectivity index (χ2n) is 18.7. The third-order valence-corrected chi connectivity index (χ3v) is 12.9. The van der Waals surface area contributed by atoms with Crippen LogP contribution in [0.4, 0.5) is 63.6 Å². The number of anilines is 7. The maximum Gasteiger partial charge on any atom is 0.344 e. The highest BCUT2D eigenvalue weighted by Crippen LogP contribution is 2.40. The van der Waals surface area contributed by atoms with Gasteiger partial charge < -0.3 is 55.5 Å². The summed E-state index contributed by atoms with van der Waals surface area (Å²) in [5.74, 6) is -2.45. The van der Waals surface area contributed by atoms with Crippen molar-refractivity contribution in [1.82, 2.24) is 44.7 Å². The Morgan fingerprint density at radius 3 is 1.60 bits per heavy atom. The molecule has 5 aromatic heterocycles. The van der Waals surface area contributed by atoms with E-state index >= 15 is 0 Å². The molecule has 444 valence electrons. The molecule has 5 heterocycles. The van der Waals surface area contributed by atoms with E-state index in [0.29, 0.717) is 17.2 Å². The minimum absolute atomic E-state index is 0.0260. The molecule has 0 saturated carbocycles. The number of aromatic nitrogens is 9. The number of carbonyl (C=O) groups excluding carboxylic acids is 2. The number of esters is 2. The van der Waals surface area contributed by atoms with Gasteiger partial charge in [-0.1, -0.05) is 46.7 Å². The molecule has 31 nitrogen and oxygen atoms in total. The molecule has 2 aromatic carbocycles. The van der Waals surface area contributed by atoms with E-state index < -0.39 is 43.7 Å². The summed E-state index contributed by atoms with van der Waals surface area (Å²) in [4.78, 5) is 52.5. The predicted octanol–water partition coefficient (Wildman–Crippen LogP) is 9.00. The van der Waals surface area contributed by atoms with Crippen molar-refractivity contribution >= 4 is 92.8 Å². The van der Waals surface area contributed by atoms with Crippen LogP contribution in [0.1, 0.15) is 68.5 Å². The molecule has 0 radical (unpaired) electrons. The molecule has 7 N–H and O–H groups in total. The number of aryl methyl sites for hydroxylation is 6. The molecule has 0 amide bonds. The Bertz CT molecular complexity index is 3840. The first-order valence-electron chi connectivity index (χ1n) is 26.0. The minimum Gasteiger partial charge on any atom is -0.480 e. The van der Waals surface area contributed by atoms with Crippen LogP contribution in [0, 0.1) is 82.5 Å². The smallest absolute Gasteiger partial charge is 0.344 e. The Morgan fingerprint density at radius 2 is 1.14 bits per heavy atom. The van der Waals surface area contributed by atoms with Crippen LogP contribution in [-0.4, -0.2) is 126 Å². The van der Waals surface area contributed by atoms with Crippen LogP contribution in [0.15, 0.2) is 69.6 Å². The molecule has 0 fully saturated rings. The van der Waals surface area contributed by atoms with Crippen LogP contribution in [-0.2, 0) is 38.2 Å². The molecule has 7 rings (SSSR count). The molecule has 0 atom stereocenters. The monoisotopic (exact) mass is 1190 g/mol. The van der Waals surface area contributed by atoms with Crippen molar-refractivity contribution in [3.05, 3.63) is 105 Å². The van der Waals surface area contributed by atoms with Crippen molar-refractivity contribution in [3.8, 4) is 28.5 Å². The lowest BCUT2D eigenvalue weighted by atomic mass is 10.0. The largest absolute Gasteiger partial charge is 0.480 e. The quantitative estimate of drug-likeness (QED) is 0.00574. The zero-order valence-electron chi connectivity index (χ0n) is 47.8. The highest BCUT2D eigenvalue weighted by molar-refractivity contribution is 7.16. The number of carboxylic acid groups (broad SMARTS) is 1. The van der Waals surface area contributed by atoms with Crippen LogP contribution in [0.3, 0.4) is 0 Å². The predicted molar refractivity (Wildman–Crippen MR) is 310 cm³/mol. The summed E-state index contributed by atoms with van der Waals surface area (Å²) in [7, 11) is 1.58. The second-order valence-corrected chi connectivity index (χ2v) is 19.6. The molecule has 32 heteroatoms. The number of nitriles is 3. The van der Waals surface area contributed by atoms with Gasteiger partial charge in [0.25, 0.3) is 0 Å². The molecule has 0 unspecified atom stereocenters. The maximum atomic E-state index is 12.1. The number of carboxylic acids is 1. The Kier molecular flexibility index (Phi) is 21.3. The van der Waals surface area contributed by atoms with Crippen molar-refractivity contribution in [2.24, 2.45) is 20.5 Å². The summed E-state index contributed by atoms with van der Waals surface area (Å²) in [6.07, 6.45) is 3.26. The lowest BCUT2D eigenvalue weighted by molar-refractivity contribution is -0.243. The fourth-order valence-corrected chi connectivity index (χ4v) is 8.95. The first kappa shape index (κ1) is 62.6. The number of hydrogen-bond donors (Lipinski definition) is 7. The minimum atomic E-state index is -1.24. The summed E-state index contributed by atoms with van der Waals surface area (Å²) in [6, 6.07) is 14.6. The molecule has 7 aromatic rings. The van der Waals surface area contributed by atoms with Crippen LogP contribution in [0.25, 0.3) is 10.3 Å². The van der Waals surface area contributed by atoms with E-state index in [4.69, 9.17) is 34.3 Å². The molecular formula is C54H57N21O10S. The highest BCUT2D eigenvalue weighted by Gasteiger charge is 2.23. The Morgan fingerprint density at radius 1 is 0.651 bits per heavy atom. The maximum absolute atomic E-state index is 12.1. The van der Waals surface area contributed by atoms with Gasteiger partial charge in [-0.2, -0.15) is 31.0 Å². The average molecular weight is 1190 g/mol. The van der Waals surface area contributed by atoms with Crippen molar-refractivity contribution in [2.75, 3.05) is 79.8 Å². The number of nitrogens with zero attached hydrogens (tertiary/aromatic N) is 16. The SMILES string of the molecule is C=C(OO)OCC(=O)OCCCNc1nc(NC)nc(NCCCOC(=O)COCC(=O)O)c1N=Nc1nn(-c2nnc(-n3cc(C#N)c(N=Nc4c(Nc5c(C)cc(C)cc5C)nc(Nc5c(C)cc(C)cc5C)c(C#N)c4C)n3)s2)cc1C#N. The number of ether oxygens (including phenoxy) is 4. The summed E-state index contributed by atoms with van der Waals surface area (Å²) in [6.45, 7) is 15.4. The summed E-state index contributed by atoms with van der Waals surface area (Å²) < 4.78 is 22.4. The van der Waals surface area contributed by atoms with Crippen LogP contribution < -0.4 is 26.6 Å². The standard InChI is InChI=1S/C54H57N21O10S/c1-28-16-30(3)42(31(4)17-28)61-48-38(22-57)34(7)44(51(63-48)62-43-32(5)18-29(2)19-33(43)6)66-68-46-36(20-55)23-74(72-46)53-70-71-54(86-53)75-24-37(21-56)47(73-75)69-67-45-49(59-12-10-14-82-40(78)26-81-25-39(76)77)64-52(58-9)65-50(45)60-13-11-15-83-41(79)27-84-35(8)85-80/h16-19,23-24,80H,8,10-15,25-27H2,1-7,9H3,(H,76,77)(H2,61,62,63)(H3,58,59,60,64,65). The van der Waals surface area contributed by atoms with Gasteiger partial charge in [0.2, 0.25) is 27.8 Å². The van der Waals surface area contributed by atoms with Gasteiger partial charge in [0.1, 0.15) is 48.2 Å². The van der Waals surface area contributed by atoms with E-state index in [1.54, 1.807) is 14.0 Å². The molecule has 0 saturated heterocycles. The fourth-order valence-electron chi connectivity index (χ4n) is 8.25. The summed E-state index contributed by atoms with van der Waals surface area (Å²) in [5, 5.41) is 100. The summed E-state index contributed by atoms with van der Waals surface area (Å²) in [5.41, 5.74) is 8.55. The van der Waals surface area contributed by atoms with Gasteiger partial charge >= 0.3 is 23.9 Å². The Hall–Kier alpha value is -11.0. The molecular weight excluding hydrogens is 1130 g/mol. The second kappa shape index (κ2) is 29.3. The zero-order chi connectivity index (χ0) is 62.0. The van der Waals surface area contributed by atoms with Crippen molar-refractivity contribution < 1.29 is 48.6 Å². The third-order valence-electron chi connectivity index (χ3n) is 12.0. The van der Waals surface area contributed by atoms with Gasteiger partial charge in [-0.05, 0) is 90.1 Å². The number of rotatable bonds is 29. The van der Waals surface area contributed by atoms with E-state index in [2.05, 4.69) is 101 Å². The number of hydrogen-bond acceptors (Lipinski definition) is 29. The number of aliphatic carboxylic acids is 1. The average Bonchev–Trinajstić information content (AvgIpc) is 1.94. The molecule has 0 aliphatic heterocycles. The van der Waals surface area contributed by atoms with Crippen LogP contribution in [0.5, 0.6) is 0 Å². The fraction of sp³-hybridized carbons (Fsp3) is 0.315. The van der Waals surface area contributed by atoms with E-state index in [1.165, 1.54) is 21.8 Å². The highest BCUT2D eigenvalue weighted by atomic mass is 32.1. The first-order chi connectivity index (χ1) is 41.3. The van der Waals surface area contributed by atoms with Crippen molar-refractivity contribution in [1.29, 1.82) is 15.8 Å². The van der Waals surface area contributed by atoms with Crippen LogP contribution in [0.2, 0.25) is 0 Å². The zero-order valence-corrected chi connectivity index (χ0v) is 48.6. The Balaban J connectivity index is 1.15. The molecule has 0 bridgehead atoms. The first-order valence-corrected chi connectivity index (χ1v) is 26.8. The molecule has 0 aliphatic carbocycles. The molecule has 86 heavy (non-hydrogen) atoms. The molecule has 0 spiro atoms. The van der Waals surface area contributed by atoms with Crippen LogP contribution >= 0.6 is 11.3 Å². The Labute approximate surface area is 495 Å². The van der Waals surface area contributed by atoms with Crippen molar-refractivity contribution in [3.63, 3.8) is 0 Å². The number of carbonyl (C=O) groups is 3. The van der Waals surface area contributed by atoms with Gasteiger partial charge in [-0.25, -0.2) is 28.7 Å². The van der Waals surface area contributed by atoms with Gasteiger partial charge in [-0.3, -0.25) is 0 Å². The van der Waals surface area contributed by atoms with E-state index in [-0.39, 0.29) is 107 Å². The third kappa shape index (κ3) is 16.2. The lowest BCUT2D eigenvalue weighted by Gasteiger charge is -2.19. The van der Waals surface area contributed by atoms with Gasteiger partial charge in [0, 0.05) is 37.1 Å². The number of nitrogens with one attached hydrogen (secondary N) is 5. The number of azo groups is 2. The van der Waals surface area contributed by atoms with E-state index in [9.17, 15) is 30.2 Å². The number of benzene rings is 2. The van der Waals surface area contributed by atoms with E-state index in [1.807, 2.05) is 71.9 Å². The van der Waals surface area contributed by atoms with Gasteiger partial charge in [-0.15, -0.1) is 40.9 Å². The number of pyridine rings is 1. The normalized spacial score (nSPS) is 11.0.